The van der Waals surface area contributed by atoms with Gasteiger partial charge in [0.1, 0.15) is 0 Å². The van der Waals surface area contributed by atoms with Crippen molar-refractivity contribution in [2.45, 2.75) is 31.9 Å². The fourth-order valence-corrected chi connectivity index (χ4v) is 1.70. The van der Waals surface area contributed by atoms with E-state index in [0.29, 0.717) is 19.5 Å². The first-order valence-corrected chi connectivity index (χ1v) is 5.98. The molecule has 98 valence electrons. The molecule has 6 heteroatoms. The highest BCUT2D eigenvalue weighted by atomic mass is 16.5. The standard InChI is InChI=1S/C11H21N3O3/c1-3-4-12-10(15)7-14-11(16)9-5-8(17-2)6-13-9/h8-9,13H,3-7H2,1-2H3,(H,12,15)(H,14,16). The summed E-state index contributed by atoms with van der Waals surface area (Å²) in [6.07, 6.45) is 1.62. The summed E-state index contributed by atoms with van der Waals surface area (Å²) in [5.41, 5.74) is 0. The second kappa shape index (κ2) is 7.24. The largest absolute Gasteiger partial charge is 0.380 e. The Hall–Kier alpha value is -1.14. The Morgan fingerprint density at radius 2 is 2.18 bits per heavy atom. The number of hydrogen-bond donors (Lipinski definition) is 3. The van der Waals surface area contributed by atoms with Gasteiger partial charge in [-0.2, -0.15) is 0 Å². The number of carbonyl (C=O) groups excluding carboxylic acids is 2. The number of carbonyl (C=O) groups is 2. The van der Waals surface area contributed by atoms with E-state index in [-0.39, 0.29) is 30.5 Å². The Balaban J connectivity index is 2.19. The zero-order valence-corrected chi connectivity index (χ0v) is 10.4. The summed E-state index contributed by atoms with van der Waals surface area (Å²) in [7, 11) is 1.63. The molecule has 0 bridgehead atoms. The van der Waals surface area contributed by atoms with E-state index in [2.05, 4.69) is 16.0 Å². The molecule has 2 amide bonds. The van der Waals surface area contributed by atoms with E-state index in [9.17, 15) is 9.59 Å². The molecule has 2 unspecified atom stereocenters. The van der Waals surface area contributed by atoms with Crippen molar-refractivity contribution < 1.29 is 14.3 Å². The average molecular weight is 243 g/mol. The van der Waals surface area contributed by atoms with Crippen molar-refractivity contribution in [3.8, 4) is 0 Å². The van der Waals surface area contributed by atoms with Crippen molar-refractivity contribution in [1.82, 2.24) is 16.0 Å². The lowest BCUT2D eigenvalue weighted by Gasteiger charge is -2.11. The van der Waals surface area contributed by atoms with Gasteiger partial charge in [-0.15, -0.1) is 0 Å². The minimum atomic E-state index is -0.251. The van der Waals surface area contributed by atoms with Crippen molar-refractivity contribution in [1.29, 1.82) is 0 Å². The highest BCUT2D eigenvalue weighted by molar-refractivity contribution is 5.87. The van der Waals surface area contributed by atoms with Gasteiger partial charge < -0.3 is 20.7 Å². The maximum Gasteiger partial charge on any atom is 0.239 e. The summed E-state index contributed by atoms with van der Waals surface area (Å²) in [6, 6.07) is -0.251. The molecular weight excluding hydrogens is 222 g/mol. The number of ether oxygens (including phenoxy) is 1. The smallest absolute Gasteiger partial charge is 0.239 e. The molecule has 1 saturated heterocycles. The van der Waals surface area contributed by atoms with E-state index >= 15 is 0 Å². The molecule has 0 aromatic heterocycles. The van der Waals surface area contributed by atoms with Crippen molar-refractivity contribution in [2.75, 3.05) is 26.7 Å². The molecule has 1 fully saturated rings. The molecule has 0 spiro atoms. The number of nitrogens with one attached hydrogen (secondary N) is 3. The first-order valence-electron chi connectivity index (χ1n) is 5.98. The van der Waals surface area contributed by atoms with Gasteiger partial charge in [-0.25, -0.2) is 0 Å². The van der Waals surface area contributed by atoms with Gasteiger partial charge in [0, 0.05) is 20.2 Å². The normalized spacial score (nSPS) is 23.4. The molecule has 0 aliphatic carbocycles. The predicted molar refractivity (Wildman–Crippen MR) is 63.5 cm³/mol. The number of rotatable bonds is 6. The lowest BCUT2D eigenvalue weighted by molar-refractivity contribution is -0.127. The van der Waals surface area contributed by atoms with Crippen LogP contribution in [0.1, 0.15) is 19.8 Å². The van der Waals surface area contributed by atoms with Crippen LogP contribution in [0.3, 0.4) is 0 Å². The zero-order valence-electron chi connectivity index (χ0n) is 10.4. The lowest BCUT2D eigenvalue weighted by atomic mass is 10.2. The van der Waals surface area contributed by atoms with Crippen LogP contribution in [-0.4, -0.2) is 50.7 Å². The van der Waals surface area contributed by atoms with Crippen LogP contribution in [0.25, 0.3) is 0 Å². The Morgan fingerprint density at radius 3 is 2.76 bits per heavy atom. The summed E-state index contributed by atoms with van der Waals surface area (Å²) in [5.74, 6) is -0.294. The molecule has 1 heterocycles. The van der Waals surface area contributed by atoms with Crippen LogP contribution in [0, 0.1) is 0 Å². The number of methoxy groups -OCH3 is 1. The predicted octanol–water partition coefficient (Wildman–Crippen LogP) is -0.994. The van der Waals surface area contributed by atoms with Crippen molar-refractivity contribution >= 4 is 11.8 Å². The summed E-state index contributed by atoms with van der Waals surface area (Å²) in [5, 5.41) is 8.36. The first kappa shape index (κ1) is 13.9. The van der Waals surface area contributed by atoms with Crippen molar-refractivity contribution in [3.63, 3.8) is 0 Å². The molecular formula is C11H21N3O3. The fraction of sp³-hybridized carbons (Fsp3) is 0.818. The second-order valence-electron chi connectivity index (χ2n) is 4.12. The third kappa shape index (κ3) is 4.70. The number of amides is 2. The minimum Gasteiger partial charge on any atom is -0.380 e. The van der Waals surface area contributed by atoms with Gasteiger partial charge in [-0.05, 0) is 12.8 Å². The molecule has 1 aliphatic heterocycles. The quantitative estimate of drug-likeness (QED) is 0.559. The molecule has 0 aromatic carbocycles. The summed E-state index contributed by atoms with van der Waals surface area (Å²) in [4.78, 5) is 22.9. The van der Waals surface area contributed by atoms with Crippen LogP contribution in [0.5, 0.6) is 0 Å². The molecule has 3 N–H and O–H groups in total. The van der Waals surface area contributed by atoms with E-state index in [1.54, 1.807) is 7.11 Å². The van der Waals surface area contributed by atoms with Crippen LogP contribution in [0.2, 0.25) is 0 Å². The fourth-order valence-electron chi connectivity index (χ4n) is 1.70. The monoisotopic (exact) mass is 243 g/mol. The molecule has 1 aliphatic rings. The Kier molecular flexibility index (Phi) is 5.93. The Bertz CT molecular complexity index is 271. The van der Waals surface area contributed by atoms with Gasteiger partial charge in [-0.3, -0.25) is 9.59 Å². The summed E-state index contributed by atoms with van der Waals surface area (Å²) in [6.45, 7) is 3.33. The molecule has 17 heavy (non-hydrogen) atoms. The van der Waals surface area contributed by atoms with Gasteiger partial charge in [-0.1, -0.05) is 6.92 Å². The molecule has 0 saturated carbocycles. The Morgan fingerprint density at radius 1 is 1.41 bits per heavy atom. The SMILES string of the molecule is CCCNC(=O)CNC(=O)C1CC(OC)CN1. The third-order valence-electron chi connectivity index (χ3n) is 2.74. The van der Waals surface area contributed by atoms with Gasteiger partial charge in [0.25, 0.3) is 0 Å². The first-order chi connectivity index (χ1) is 8.17. The zero-order chi connectivity index (χ0) is 12.7. The van der Waals surface area contributed by atoms with Crippen LogP contribution in [-0.2, 0) is 14.3 Å². The molecule has 6 nitrogen and oxygen atoms in total. The summed E-state index contributed by atoms with van der Waals surface area (Å²) >= 11 is 0. The highest BCUT2D eigenvalue weighted by Crippen LogP contribution is 2.09. The molecule has 0 radical (unpaired) electrons. The van der Waals surface area contributed by atoms with Gasteiger partial charge in [0.2, 0.25) is 11.8 Å². The van der Waals surface area contributed by atoms with Crippen molar-refractivity contribution in [2.24, 2.45) is 0 Å². The van der Waals surface area contributed by atoms with E-state index in [1.165, 1.54) is 0 Å². The number of hydrogen-bond acceptors (Lipinski definition) is 4. The summed E-state index contributed by atoms with van der Waals surface area (Å²) < 4.78 is 5.15. The van der Waals surface area contributed by atoms with Crippen LogP contribution < -0.4 is 16.0 Å². The van der Waals surface area contributed by atoms with Gasteiger partial charge >= 0.3 is 0 Å². The topological polar surface area (TPSA) is 79.5 Å². The molecule has 1 rings (SSSR count). The lowest BCUT2D eigenvalue weighted by Crippen LogP contribution is -2.44. The van der Waals surface area contributed by atoms with E-state index < -0.39 is 0 Å². The van der Waals surface area contributed by atoms with E-state index in [1.807, 2.05) is 6.92 Å². The van der Waals surface area contributed by atoms with E-state index in [0.717, 1.165) is 6.42 Å². The Labute approximate surface area is 101 Å². The van der Waals surface area contributed by atoms with Gasteiger partial charge in [0.05, 0.1) is 18.7 Å². The second-order valence-corrected chi connectivity index (χ2v) is 4.12. The molecule has 0 aromatic rings. The van der Waals surface area contributed by atoms with Gasteiger partial charge in [0.15, 0.2) is 0 Å². The highest BCUT2D eigenvalue weighted by Gasteiger charge is 2.29. The molecule has 2 atom stereocenters. The maximum atomic E-state index is 11.7. The van der Waals surface area contributed by atoms with Crippen LogP contribution >= 0.6 is 0 Å². The van der Waals surface area contributed by atoms with Crippen molar-refractivity contribution in [3.05, 3.63) is 0 Å². The van der Waals surface area contributed by atoms with Crippen LogP contribution in [0.4, 0.5) is 0 Å². The third-order valence-corrected chi connectivity index (χ3v) is 2.74. The van der Waals surface area contributed by atoms with Crippen LogP contribution in [0.15, 0.2) is 0 Å². The van der Waals surface area contributed by atoms with E-state index in [4.69, 9.17) is 4.74 Å². The minimum absolute atomic E-state index is 0.0364. The average Bonchev–Trinajstić information content (AvgIpc) is 2.82. The maximum absolute atomic E-state index is 11.7.